The third-order valence-electron chi connectivity index (χ3n) is 5.20. The number of carbonyl (C=O) groups is 2. The molecule has 2 bridgehead atoms. The van der Waals surface area contributed by atoms with Gasteiger partial charge in [0.2, 0.25) is 5.91 Å². The average molecular weight is 343 g/mol. The predicted molar refractivity (Wildman–Crippen MR) is 90.3 cm³/mol. The first-order valence-corrected chi connectivity index (χ1v) is 8.59. The van der Waals surface area contributed by atoms with Crippen molar-refractivity contribution in [3.8, 4) is 5.75 Å². The van der Waals surface area contributed by atoms with Crippen LogP contribution in [0.5, 0.6) is 5.75 Å². The molecule has 0 aromatic heterocycles. The van der Waals surface area contributed by atoms with E-state index in [-0.39, 0.29) is 18.0 Å². The number of nitrogens with zero attached hydrogens (tertiary/aromatic N) is 1. The molecule has 4 atom stereocenters. The van der Waals surface area contributed by atoms with Crippen LogP contribution in [0.4, 0.5) is 5.69 Å². The van der Waals surface area contributed by atoms with E-state index in [1.807, 2.05) is 43.3 Å². The number of ether oxygens (including phenoxy) is 3. The quantitative estimate of drug-likeness (QED) is 0.604. The van der Waals surface area contributed by atoms with Crippen molar-refractivity contribution in [1.29, 1.82) is 0 Å². The SMILES string of the molecule is CCCOC(=O)[C@H]1[C@H]2C(=O)N(c3ccccc3OC)C[C@@]23C=C[C@H]1O3. The van der Waals surface area contributed by atoms with Gasteiger partial charge in [0.1, 0.15) is 17.3 Å². The van der Waals surface area contributed by atoms with E-state index in [4.69, 9.17) is 14.2 Å². The van der Waals surface area contributed by atoms with Crippen molar-refractivity contribution >= 4 is 17.6 Å². The standard InChI is InChI=1S/C19H21NO5/c1-3-10-24-18(22)15-14-8-9-19(25-14)11-20(17(21)16(15)19)12-6-4-5-7-13(12)23-2/h4-9,14-16H,3,10-11H2,1-2H3/t14-,15-,16+,19+/m1/s1. The van der Waals surface area contributed by atoms with Crippen LogP contribution in [0.15, 0.2) is 36.4 Å². The molecule has 1 aromatic carbocycles. The molecular weight excluding hydrogens is 322 g/mol. The van der Waals surface area contributed by atoms with Gasteiger partial charge in [0.05, 0.1) is 38.0 Å². The summed E-state index contributed by atoms with van der Waals surface area (Å²) in [5.41, 5.74) is -0.0571. The zero-order valence-electron chi connectivity index (χ0n) is 14.3. The number of para-hydroxylation sites is 2. The summed E-state index contributed by atoms with van der Waals surface area (Å²) >= 11 is 0. The predicted octanol–water partition coefficient (Wildman–Crippen LogP) is 1.93. The number of hydrogen-bond donors (Lipinski definition) is 0. The van der Waals surface area contributed by atoms with Crippen molar-refractivity contribution in [2.45, 2.75) is 25.0 Å². The first kappa shape index (κ1) is 16.1. The van der Waals surface area contributed by atoms with E-state index in [1.54, 1.807) is 12.0 Å². The van der Waals surface area contributed by atoms with Gasteiger partial charge in [-0.2, -0.15) is 0 Å². The molecule has 6 heteroatoms. The highest BCUT2D eigenvalue weighted by Crippen LogP contribution is 2.53. The number of anilines is 1. The fraction of sp³-hybridized carbons (Fsp3) is 0.474. The highest BCUT2D eigenvalue weighted by Gasteiger charge is 2.67. The Morgan fingerprint density at radius 3 is 2.96 bits per heavy atom. The van der Waals surface area contributed by atoms with Crippen LogP contribution in [-0.4, -0.2) is 43.8 Å². The fourth-order valence-corrected chi connectivity index (χ4v) is 4.12. The molecule has 25 heavy (non-hydrogen) atoms. The van der Waals surface area contributed by atoms with E-state index >= 15 is 0 Å². The first-order chi connectivity index (χ1) is 12.1. The minimum atomic E-state index is -0.751. The van der Waals surface area contributed by atoms with Crippen LogP contribution in [0.1, 0.15) is 13.3 Å². The molecule has 2 saturated heterocycles. The highest BCUT2D eigenvalue weighted by atomic mass is 16.6. The number of carbonyl (C=O) groups excluding carboxylic acids is 2. The van der Waals surface area contributed by atoms with Crippen molar-refractivity contribution < 1.29 is 23.8 Å². The molecule has 3 heterocycles. The van der Waals surface area contributed by atoms with E-state index in [0.717, 1.165) is 6.42 Å². The van der Waals surface area contributed by atoms with Gasteiger partial charge in [0.25, 0.3) is 0 Å². The molecular formula is C19H21NO5. The van der Waals surface area contributed by atoms with Crippen molar-refractivity contribution in [2.75, 3.05) is 25.2 Å². The van der Waals surface area contributed by atoms with Crippen molar-refractivity contribution in [1.82, 2.24) is 0 Å². The zero-order chi connectivity index (χ0) is 17.6. The Kier molecular flexibility index (Phi) is 3.80. The van der Waals surface area contributed by atoms with Gasteiger partial charge in [-0.25, -0.2) is 0 Å². The zero-order valence-corrected chi connectivity index (χ0v) is 14.3. The second kappa shape index (κ2) is 5.88. The number of fused-ring (bicyclic) bond motifs is 1. The largest absolute Gasteiger partial charge is 0.495 e. The van der Waals surface area contributed by atoms with Crippen LogP contribution in [0, 0.1) is 11.8 Å². The normalized spacial score (nSPS) is 32.2. The van der Waals surface area contributed by atoms with Crippen LogP contribution in [0.3, 0.4) is 0 Å². The van der Waals surface area contributed by atoms with Gasteiger partial charge in [-0.3, -0.25) is 9.59 Å². The maximum Gasteiger partial charge on any atom is 0.312 e. The Hall–Kier alpha value is -2.34. The maximum absolute atomic E-state index is 13.2. The smallest absolute Gasteiger partial charge is 0.312 e. The molecule has 0 saturated carbocycles. The van der Waals surface area contributed by atoms with Crippen LogP contribution in [0.2, 0.25) is 0 Å². The van der Waals surface area contributed by atoms with Gasteiger partial charge < -0.3 is 19.1 Å². The van der Waals surface area contributed by atoms with Gasteiger partial charge >= 0.3 is 5.97 Å². The first-order valence-electron chi connectivity index (χ1n) is 8.59. The van der Waals surface area contributed by atoms with Crippen LogP contribution in [0.25, 0.3) is 0 Å². The van der Waals surface area contributed by atoms with E-state index < -0.39 is 17.4 Å². The molecule has 3 aliphatic rings. The summed E-state index contributed by atoms with van der Waals surface area (Å²) in [5, 5.41) is 0. The highest BCUT2D eigenvalue weighted by molar-refractivity contribution is 6.03. The summed E-state index contributed by atoms with van der Waals surface area (Å²) in [6.45, 7) is 2.67. The number of amides is 1. The summed E-state index contributed by atoms with van der Waals surface area (Å²) in [4.78, 5) is 27.4. The van der Waals surface area contributed by atoms with Gasteiger partial charge in [-0.1, -0.05) is 31.2 Å². The van der Waals surface area contributed by atoms with E-state index in [1.165, 1.54) is 0 Å². The second-order valence-electron chi connectivity index (χ2n) is 6.66. The lowest BCUT2D eigenvalue weighted by Gasteiger charge is -2.23. The fourth-order valence-electron chi connectivity index (χ4n) is 4.12. The van der Waals surface area contributed by atoms with Crippen LogP contribution in [-0.2, 0) is 19.1 Å². The molecule has 0 N–H and O–H groups in total. The third kappa shape index (κ3) is 2.28. The van der Waals surface area contributed by atoms with Crippen LogP contribution >= 0.6 is 0 Å². The summed E-state index contributed by atoms with van der Waals surface area (Å²) in [5.74, 6) is -0.968. The minimum absolute atomic E-state index is 0.116. The summed E-state index contributed by atoms with van der Waals surface area (Å²) in [6.07, 6.45) is 4.18. The molecule has 4 rings (SSSR count). The Balaban J connectivity index is 1.67. The molecule has 2 fully saturated rings. The van der Waals surface area contributed by atoms with Crippen LogP contribution < -0.4 is 9.64 Å². The molecule has 132 valence electrons. The van der Waals surface area contributed by atoms with E-state index in [2.05, 4.69) is 0 Å². The topological polar surface area (TPSA) is 65.1 Å². The minimum Gasteiger partial charge on any atom is -0.495 e. The van der Waals surface area contributed by atoms with Crippen molar-refractivity contribution in [3.05, 3.63) is 36.4 Å². The molecule has 3 aliphatic heterocycles. The molecule has 1 aromatic rings. The Morgan fingerprint density at radius 2 is 2.20 bits per heavy atom. The number of esters is 1. The number of rotatable bonds is 5. The number of hydrogen-bond acceptors (Lipinski definition) is 5. The second-order valence-corrected chi connectivity index (χ2v) is 6.66. The van der Waals surface area contributed by atoms with Gasteiger partial charge in [0, 0.05) is 0 Å². The third-order valence-corrected chi connectivity index (χ3v) is 5.20. The van der Waals surface area contributed by atoms with Gasteiger partial charge in [-0.15, -0.1) is 0 Å². The molecule has 0 unspecified atom stereocenters. The Labute approximate surface area is 146 Å². The lowest BCUT2D eigenvalue weighted by Crippen LogP contribution is -2.40. The summed E-state index contributed by atoms with van der Waals surface area (Å²) in [6, 6.07) is 7.37. The Bertz CT molecular complexity index is 745. The van der Waals surface area contributed by atoms with E-state index in [0.29, 0.717) is 24.6 Å². The molecule has 1 amide bonds. The average Bonchev–Trinajstić information content (AvgIpc) is 3.28. The maximum atomic E-state index is 13.2. The number of benzene rings is 1. The summed E-state index contributed by atoms with van der Waals surface area (Å²) in [7, 11) is 1.57. The molecule has 6 nitrogen and oxygen atoms in total. The van der Waals surface area contributed by atoms with Crippen molar-refractivity contribution in [2.24, 2.45) is 11.8 Å². The van der Waals surface area contributed by atoms with Crippen molar-refractivity contribution in [3.63, 3.8) is 0 Å². The Morgan fingerprint density at radius 1 is 1.40 bits per heavy atom. The van der Waals surface area contributed by atoms with E-state index in [9.17, 15) is 9.59 Å². The molecule has 0 radical (unpaired) electrons. The summed E-state index contributed by atoms with van der Waals surface area (Å²) < 4.78 is 16.8. The lowest BCUT2D eigenvalue weighted by molar-refractivity contribution is -0.152. The number of methoxy groups -OCH3 is 1. The molecule has 0 aliphatic carbocycles. The lowest BCUT2D eigenvalue weighted by atomic mass is 9.77. The van der Waals surface area contributed by atoms with Gasteiger partial charge in [-0.05, 0) is 18.6 Å². The van der Waals surface area contributed by atoms with Gasteiger partial charge in [0.15, 0.2) is 0 Å². The monoisotopic (exact) mass is 343 g/mol. The molecule has 1 spiro atoms.